The van der Waals surface area contributed by atoms with E-state index in [1.165, 1.54) is 4.57 Å². The Labute approximate surface area is 154 Å². The molecule has 1 saturated heterocycles. The van der Waals surface area contributed by atoms with Gasteiger partial charge in [-0.1, -0.05) is 0 Å². The molecule has 1 aromatic heterocycles. The Balaban J connectivity index is 2.26. The van der Waals surface area contributed by atoms with Gasteiger partial charge in [0.15, 0.2) is 0 Å². The van der Waals surface area contributed by atoms with Crippen molar-refractivity contribution in [2.24, 2.45) is 0 Å². The van der Waals surface area contributed by atoms with Gasteiger partial charge in [-0.15, -0.1) is 0 Å². The van der Waals surface area contributed by atoms with E-state index in [1.54, 1.807) is 15.5 Å². The van der Waals surface area contributed by atoms with E-state index in [0.717, 1.165) is 0 Å². The summed E-state index contributed by atoms with van der Waals surface area (Å²) in [6.45, 7) is 12.2. The minimum Gasteiger partial charge on any atom is -0.372 e. The zero-order valence-electron chi connectivity index (χ0n) is 16.4. The van der Waals surface area contributed by atoms with Crippen molar-refractivity contribution in [2.45, 2.75) is 46.7 Å². The van der Waals surface area contributed by atoms with Gasteiger partial charge in [0.1, 0.15) is 12.4 Å². The predicted molar refractivity (Wildman–Crippen MR) is 101 cm³/mol. The Morgan fingerprint density at radius 1 is 1.04 bits per heavy atom. The average Bonchev–Trinajstić information content (AvgIpc) is 2.58. The second kappa shape index (κ2) is 8.53. The van der Waals surface area contributed by atoms with E-state index in [2.05, 4.69) is 0 Å². The maximum atomic E-state index is 12.8. The Hall–Kier alpha value is -2.09. The second-order valence-corrected chi connectivity index (χ2v) is 7.06. The Bertz CT molecular complexity index is 743. The third kappa shape index (κ3) is 4.17. The standard InChI is InChI=1S/C18H30N4O4/c1-6-26-12-17(24)20-9-7-19(8-10-20)15-11-16(23)22(14(4)5)18(25)21(15)13(2)3/h11,13-14H,6-10,12H2,1-5H3. The summed E-state index contributed by atoms with van der Waals surface area (Å²) in [7, 11) is 0. The van der Waals surface area contributed by atoms with Crippen LogP contribution in [0.4, 0.5) is 5.82 Å². The zero-order valence-corrected chi connectivity index (χ0v) is 16.4. The lowest BCUT2D eigenvalue weighted by Crippen LogP contribution is -2.52. The number of carbonyl (C=O) groups excluding carboxylic acids is 1. The van der Waals surface area contributed by atoms with Gasteiger partial charge < -0.3 is 14.5 Å². The normalized spacial score (nSPS) is 15.2. The Morgan fingerprint density at radius 3 is 2.12 bits per heavy atom. The predicted octanol–water partition coefficient (Wildman–Crippen LogP) is 0.857. The molecule has 8 heteroatoms. The van der Waals surface area contributed by atoms with E-state index < -0.39 is 0 Å². The molecule has 0 bridgehead atoms. The van der Waals surface area contributed by atoms with Gasteiger partial charge in [-0.2, -0.15) is 0 Å². The van der Waals surface area contributed by atoms with Crippen molar-refractivity contribution in [3.8, 4) is 0 Å². The summed E-state index contributed by atoms with van der Waals surface area (Å²) in [5.74, 6) is 0.604. The lowest BCUT2D eigenvalue weighted by molar-refractivity contribution is -0.136. The molecule has 1 aliphatic rings. The fraction of sp³-hybridized carbons (Fsp3) is 0.722. The highest BCUT2D eigenvalue weighted by atomic mass is 16.5. The number of carbonyl (C=O) groups is 1. The lowest BCUT2D eigenvalue weighted by atomic mass is 10.2. The summed E-state index contributed by atoms with van der Waals surface area (Å²) in [5.41, 5.74) is -0.570. The van der Waals surface area contributed by atoms with Gasteiger partial charge in [-0.05, 0) is 34.6 Å². The molecule has 0 aliphatic carbocycles. The van der Waals surface area contributed by atoms with Crippen molar-refractivity contribution in [1.82, 2.24) is 14.0 Å². The van der Waals surface area contributed by atoms with Crippen LogP contribution in [0.15, 0.2) is 15.7 Å². The van der Waals surface area contributed by atoms with E-state index in [0.29, 0.717) is 38.6 Å². The second-order valence-electron chi connectivity index (χ2n) is 7.06. The van der Waals surface area contributed by atoms with Crippen LogP contribution in [0.3, 0.4) is 0 Å². The van der Waals surface area contributed by atoms with E-state index in [-0.39, 0.29) is 35.8 Å². The molecule has 1 amide bonds. The fourth-order valence-electron chi connectivity index (χ4n) is 3.23. The molecule has 0 aromatic carbocycles. The third-order valence-electron chi connectivity index (χ3n) is 4.57. The maximum absolute atomic E-state index is 12.8. The van der Waals surface area contributed by atoms with E-state index in [4.69, 9.17) is 4.74 Å². The largest absolute Gasteiger partial charge is 0.372 e. The molecule has 1 aliphatic heterocycles. The number of aromatic nitrogens is 2. The summed E-state index contributed by atoms with van der Waals surface area (Å²) in [5, 5.41) is 0. The lowest BCUT2D eigenvalue weighted by Gasteiger charge is -2.37. The van der Waals surface area contributed by atoms with Gasteiger partial charge in [0.2, 0.25) is 5.91 Å². The van der Waals surface area contributed by atoms with Crippen LogP contribution in [0.5, 0.6) is 0 Å². The molecule has 146 valence electrons. The summed E-state index contributed by atoms with van der Waals surface area (Å²) < 4.78 is 8.13. The first-order chi connectivity index (χ1) is 12.3. The summed E-state index contributed by atoms with van der Waals surface area (Å²) >= 11 is 0. The summed E-state index contributed by atoms with van der Waals surface area (Å²) in [4.78, 5) is 41.1. The minimum absolute atomic E-state index is 0.0250. The number of hydrogen-bond acceptors (Lipinski definition) is 5. The number of hydrogen-bond donors (Lipinski definition) is 0. The first-order valence-corrected chi connectivity index (χ1v) is 9.26. The number of anilines is 1. The highest BCUT2D eigenvalue weighted by Crippen LogP contribution is 2.18. The van der Waals surface area contributed by atoms with Crippen LogP contribution in [0.1, 0.15) is 46.7 Å². The number of piperazine rings is 1. The molecule has 0 radical (unpaired) electrons. The van der Waals surface area contributed by atoms with Crippen LogP contribution in [0.25, 0.3) is 0 Å². The van der Waals surface area contributed by atoms with Gasteiger partial charge in [0, 0.05) is 50.9 Å². The van der Waals surface area contributed by atoms with E-state index >= 15 is 0 Å². The number of ether oxygens (including phenoxy) is 1. The van der Waals surface area contributed by atoms with Gasteiger partial charge >= 0.3 is 5.69 Å². The highest BCUT2D eigenvalue weighted by molar-refractivity contribution is 5.77. The van der Waals surface area contributed by atoms with E-state index in [9.17, 15) is 14.4 Å². The molecule has 0 N–H and O–H groups in total. The Morgan fingerprint density at radius 2 is 1.62 bits per heavy atom. The molecule has 2 rings (SSSR count). The molecule has 1 aromatic rings. The molecule has 26 heavy (non-hydrogen) atoms. The number of amides is 1. The number of nitrogens with zero attached hydrogens (tertiary/aromatic N) is 4. The first-order valence-electron chi connectivity index (χ1n) is 9.26. The smallest absolute Gasteiger partial charge is 0.333 e. The van der Waals surface area contributed by atoms with Gasteiger partial charge in [-0.3, -0.25) is 18.7 Å². The van der Waals surface area contributed by atoms with Crippen LogP contribution in [-0.2, 0) is 9.53 Å². The number of rotatable bonds is 6. The quantitative estimate of drug-likeness (QED) is 0.746. The van der Waals surface area contributed by atoms with Gasteiger partial charge in [0.05, 0.1) is 0 Å². The monoisotopic (exact) mass is 366 g/mol. The van der Waals surface area contributed by atoms with Crippen molar-refractivity contribution in [3.05, 3.63) is 26.9 Å². The van der Waals surface area contributed by atoms with E-state index in [1.807, 2.05) is 39.5 Å². The first kappa shape index (κ1) is 20.2. The zero-order chi connectivity index (χ0) is 19.4. The molecular weight excluding hydrogens is 336 g/mol. The van der Waals surface area contributed by atoms with Crippen molar-refractivity contribution in [3.63, 3.8) is 0 Å². The average molecular weight is 366 g/mol. The van der Waals surface area contributed by atoms with Crippen molar-refractivity contribution >= 4 is 11.7 Å². The van der Waals surface area contributed by atoms with Crippen molar-refractivity contribution in [2.75, 3.05) is 44.3 Å². The summed E-state index contributed by atoms with van der Waals surface area (Å²) in [6.07, 6.45) is 0. The SMILES string of the molecule is CCOCC(=O)N1CCN(c2cc(=O)n(C(C)C)c(=O)n2C(C)C)CC1. The van der Waals surface area contributed by atoms with Crippen LogP contribution >= 0.6 is 0 Å². The van der Waals surface area contributed by atoms with Crippen LogP contribution < -0.4 is 16.1 Å². The van der Waals surface area contributed by atoms with Crippen molar-refractivity contribution < 1.29 is 9.53 Å². The fourth-order valence-corrected chi connectivity index (χ4v) is 3.23. The molecule has 2 heterocycles. The maximum Gasteiger partial charge on any atom is 0.333 e. The van der Waals surface area contributed by atoms with Crippen LogP contribution in [0.2, 0.25) is 0 Å². The van der Waals surface area contributed by atoms with Crippen LogP contribution in [0, 0.1) is 0 Å². The molecule has 1 fully saturated rings. The molecule has 0 unspecified atom stereocenters. The van der Waals surface area contributed by atoms with Gasteiger partial charge in [-0.25, -0.2) is 4.79 Å². The minimum atomic E-state index is -0.285. The Kier molecular flexibility index (Phi) is 6.63. The molecular formula is C18H30N4O4. The molecule has 8 nitrogen and oxygen atoms in total. The van der Waals surface area contributed by atoms with Crippen molar-refractivity contribution in [1.29, 1.82) is 0 Å². The molecule has 0 saturated carbocycles. The summed E-state index contributed by atoms with van der Waals surface area (Å²) in [6, 6.07) is 1.28. The topological polar surface area (TPSA) is 76.8 Å². The van der Waals surface area contributed by atoms with Crippen LogP contribution in [-0.4, -0.2) is 59.3 Å². The molecule has 0 atom stereocenters. The highest BCUT2D eigenvalue weighted by Gasteiger charge is 2.25. The molecule has 0 spiro atoms. The van der Waals surface area contributed by atoms with Gasteiger partial charge in [0.25, 0.3) is 5.56 Å². The third-order valence-corrected chi connectivity index (χ3v) is 4.57.